The number of hydrogen-bond acceptors (Lipinski definition) is 18. The Balaban J connectivity index is -0.000000540. The Hall–Kier alpha value is 8.46. The molecule has 0 amide bonds. The van der Waals surface area contributed by atoms with Crippen molar-refractivity contribution in [2.45, 2.75) is 0 Å². The minimum absolute atomic E-state index is 0. The Labute approximate surface area is 421 Å². The van der Waals surface area contributed by atoms with Gasteiger partial charge in [-0.2, -0.15) is 0 Å². The fourth-order valence-electron chi connectivity index (χ4n) is 5.08. The standard InChI is InChI=1S/C12H30O18P6.6Ca/c13-31(14,15)1-7-8(2-32(16,17)18)10(4-34(22,23)24)12(6-36(28,29)30)11(5-35(25,26)27)9(7)3-33(19,20)21;;;;;;/h7-12H,1-6H2,(H2,13,14,15)(H2,16,17,18)(H2,19,20,21)(H2,22,23,24)(H2,25,26,27)(H2,28,29,30);;;;;;/q;6*+2/p-12. The van der Waals surface area contributed by atoms with E-state index in [0.29, 0.717) is 0 Å². The summed E-state index contributed by atoms with van der Waals surface area (Å²) in [6.07, 6.45) is -10.8. The van der Waals surface area contributed by atoms with Gasteiger partial charge in [0.2, 0.25) is 0 Å². The van der Waals surface area contributed by atoms with Crippen LogP contribution in [0.25, 0.3) is 0 Å². The zero-order valence-electron chi connectivity index (χ0n) is 22.0. The summed E-state index contributed by atoms with van der Waals surface area (Å²) >= 11 is 0. The second kappa shape index (κ2) is 24.8. The van der Waals surface area contributed by atoms with Gasteiger partial charge >= 0.3 is 226 Å². The normalized spacial score (nSPS) is 25.1. The maximum absolute atomic E-state index is 11.5. The third kappa shape index (κ3) is 28.0. The molecule has 0 heterocycles. The molecule has 1 aliphatic carbocycles. The smallest absolute Gasteiger partial charge is 0.811 e. The molecule has 0 N–H and O–H groups in total. The maximum atomic E-state index is 11.5. The van der Waals surface area contributed by atoms with Crippen LogP contribution >= 0.6 is 45.6 Å². The van der Waals surface area contributed by atoms with E-state index in [1.165, 1.54) is 0 Å². The summed E-state index contributed by atoms with van der Waals surface area (Å²) in [5.41, 5.74) is 0. The van der Waals surface area contributed by atoms with Gasteiger partial charge in [-0.3, -0.25) is 0 Å². The largest absolute Gasteiger partial charge is 2.00 e. The Bertz CT molecular complexity index is 850. The van der Waals surface area contributed by atoms with Crippen molar-refractivity contribution in [2.24, 2.45) is 35.5 Å². The molecule has 0 aromatic carbocycles. The maximum Gasteiger partial charge on any atom is 2.00 e. The van der Waals surface area contributed by atoms with Gasteiger partial charge in [0.25, 0.3) is 0 Å². The van der Waals surface area contributed by atoms with E-state index in [2.05, 4.69) is 0 Å². The molecule has 1 saturated carbocycles. The van der Waals surface area contributed by atoms with Gasteiger partial charge < -0.3 is 86.1 Å². The van der Waals surface area contributed by atoms with E-state index in [1.54, 1.807) is 0 Å². The van der Waals surface area contributed by atoms with Crippen LogP contribution in [0.1, 0.15) is 0 Å². The number of hydrogen-bond donors (Lipinski definition) is 0. The van der Waals surface area contributed by atoms with E-state index in [1.807, 2.05) is 0 Å². The van der Waals surface area contributed by atoms with Crippen LogP contribution < -0.4 is 58.7 Å². The van der Waals surface area contributed by atoms with Gasteiger partial charge in [0.15, 0.2) is 0 Å². The van der Waals surface area contributed by atoms with Gasteiger partial charge in [-0.15, -0.1) is 0 Å². The van der Waals surface area contributed by atoms with Crippen LogP contribution in [0.15, 0.2) is 0 Å². The monoisotopic (exact) mass is 876 g/mol. The molecule has 0 spiro atoms. The summed E-state index contributed by atoms with van der Waals surface area (Å²) in [6, 6.07) is 0. The first-order chi connectivity index (χ1) is 15.6. The van der Waals surface area contributed by atoms with Crippen LogP contribution in [-0.4, -0.2) is 263 Å². The van der Waals surface area contributed by atoms with E-state index in [4.69, 9.17) is 0 Å². The Morgan fingerprint density at radius 1 is 0.262 bits per heavy atom. The summed E-state index contributed by atoms with van der Waals surface area (Å²) in [4.78, 5) is 138. The molecule has 30 heteroatoms. The van der Waals surface area contributed by atoms with Crippen molar-refractivity contribution in [1.29, 1.82) is 0 Å². The SMILES string of the molecule is O=P([O-])([O-])CC1C(CP(=O)([O-])[O-])C(CP(=O)([O-])[O-])C(CP(=O)([O-])[O-])C(CP(=O)([O-])[O-])C1CP(=O)([O-])[O-].[Ca+2].[Ca+2].[Ca+2].[Ca+2].[Ca+2].[Ca+2]. The molecule has 216 valence electrons. The molecule has 0 atom stereocenters. The van der Waals surface area contributed by atoms with Crippen molar-refractivity contribution in [2.75, 3.05) is 37.0 Å². The minimum Gasteiger partial charge on any atom is -0.811 e. The van der Waals surface area contributed by atoms with E-state index < -0.39 is 118 Å². The first-order valence-corrected chi connectivity index (χ1v) is 20.0. The number of rotatable bonds is 12. The fourth-order valence-corrected chi connectivity index (χ4v) is 11.4. The van der Waals surface area contributed by atoms with Crippen molar-refractivity contribution in [3.05, 3.63) is 0 Å². The van der Waals surface area contributed by atoms with Crippen LogP contribution in [0.5, 0.6) is 0 Å². The molecule has 0 aromatic rings. The third-order valence-corrected chi connectivity index (χ3v) is 11.1. The second-order valence-electron chi connectivity index (χ2n) is 8.74. The summed E-state index contributed by atoms with van der Waals surface area (Å²) < 4.78 is 69.2. The Morgan fingerprint density at radius 3 is 0.381 bits per heavy atom. The Morgan fingerprint density at radius 2 is 0.333 bits per heavy atom. The first-order valence-electron chi connectivity index (χ1n) is 9.63. The molecule has 0 aliphatic heterocycles. The fraction of sp³-hybridized carbons (Fsp3) is 1.00. The Kier molecular flexibility index (Phi) is 36.8. The van der Waals surface area contributed by atoms with Gasteiger partial charge in [0, 0.05) is 0 Å². The summed E-state index contributed by atoms with van der Waals surface area (Å²) in [5, 5.41) is 0. The van der Waals surface area contributed by atoms with E-state index in [0.717, 1.165) is 0 Å². The molecule has 0 saturated heterocycles. The molecule has 1 aliphatic rings. The molecule has 1 fully saturated rings. The molecule has 0 aromatic heterocycles. The molecular weight excluding hydrogens is 858 g/mol. The first kappa shape index (κ1) is 62.4. The van der Waals surface area contributed by atoms with Crippen LogP contribution in [-0.2, 0) is 27.4 Å². The molecule has 0 unspecified atom stereocenters. The zero-order chi connectivity index (χ0) is 28.7. The quantitative estimate of drug-likeness (QED) is 0.130. The van der Waals surface area contributed by atoms with Crippen LogP contribution in [0.4, 0.5) is 0 Å². The van der Waals surface area contributed by atoms with Crippen molar-refractivity contribution in [3.63, 3.8) is 0 Å². The molecule has 0 bridgehead atoms. The van der Waals surface area contributed by atoms with Crippen molar-refractivity contribution >= 4 is 272 Å². The summed E-state index contributed by atoms with van der Waals surface area (Å²) in [7, 11) is -35.2. The minimum atomic E-state index is -5.87. The van der Waals surface area contributed by atoms with E-state index in [9.17, 15) is 86.1 Å². The predicted octanol–water partition coefficient (Wildman–Crippen LogP) is -11.1. The molecule has 1 rings (SSSR count). The van der Waals surface area contributed by atoms with Gasteiger partial charge in [-0.1, -0.05) is 45.6 Å². The molecule has 0 radical (unpaired) electrons. The van der Waals surface area contributed by atoms with Gasteiger partial charge in [0.1, 0.15) is 0 Å². The molecule has 18 nitrogen and oxygen atoms in total. The van der Waals surface area contributed by atoms with Crippen LogP contribution in [0.2, 0.25) is 0 Å². The topological polar surface area (TPSA) is 379 Å². The van der Waals surface area contributed by atoms with Crippen molar-refractivity contribution in [1.82, 2.24) is 0 Å². The average molecular weight is 877 g/mol. The van der Waals surface area contributed by atoms with Gasteiger partial charge in [0.05, 0.1) is 0 Å². The predicted molar refractivity (Wildman–Crippen MR) is 130 cm³/mol. The van der Waals surface area contributed by atoms with E-state index in [-0.39, 0.29) is 226 Å². The second-order valence-corrected chi connectivity index (χ2v) is 18.3. The van der Waals surface area contributed by atoms with Gasteiger partial charge in [-0.05, 0) is 72.5 Å². The van der Waals surface area contributed by atoms with Crippen LogP contribution in [0, 0.1) is 35.5 Å². The summed E-state index contributed by atoms with van der Waals surface area (Å²) in [5.74, 6) is -13.8. The van der Waals surface area contributed by atoms with E-state index >= 15 is 0 Å². The summed E-state index contributed by atoms with van der Waals surface area (Å²) in [6.45, 7) is 0. The van der Waals surface area contributed by atoms with Crippen molar-refractivity contribution < 1.29 is 86.1 Å². The van der Waals surface area contributed by atoms with Crippen LogP contribution in [0.3, 0.4) is 0 Å². The molecule has 42 heavy (non-hydrogen) atoms. The molecular formula is C12H18Ca6O18P6. The van der Waals surface area contributed by atoms with Gasteiger partial charge in [-0.25, -0.2) is 0 Å². The average Bonchev–Trinajstić information content (AvgIpc) is 2.51. The third-order valence-electron chi connectivity index (χ3n) is 5.91. The van der Waals surface area contributed by atoms with Crippen molar-refractivity contribution in [3.8, 4) is 0 Å². The zero-order valence-corrected chi connectivity index (χ0v) is 40.6.